The molecule has 258 valence electrons. The van der Waals surface area contributed by atoms with E-state index in [1.807, 2.05) is 0 Å². The first-order valence-corrected chi connectivity index (χ1v) is 19.3. The monoisotopic (exact) mass is 619 g/mol. The standard InChI is InChI=1S/C40H74O4/c1-3-5-7-9-11-13-15-17-18-19-20-21-23-25-27-29-31-37-40(43)44-38(35-32-33-36-39(41)42)34-30-28-26-24-22-16-14-12-10-8-6-4-2/h11,13,17-18,38H,3-10,12,14-16,19-37H2,1-2H3,(H,41,42)/b13-11-,18-17-. The minimum atomic E-state index is -0.743. The second-order valence-corrected chi connectivity index (χ2v) is 13.1. The Balaban J connectivity index is 3.88. The van der Waals surface area contributed by atoms with Gasteiger partial charge in [0.15, 0.2) is 0 Å². The second-order valence-electron chi connectivity index (χ2n) is 13.1. The van der Waals surface area contributed by atoms with Crippen molar-refractivity contribution in [2.45, 2.75) is 219 Å². The van der Waals surface area contributed by atoms with Gasteiger partial charge in [0.25, 0.3) is 0 Å². The summed E-state index contributed by atoms with van der Waals surface area (Å²) in [7, 11) is 0. The molecule has 0 saturated carbocycles. The Hall–Kier alpha value is -1.58. The van der Waals surface area contributed by atoms with Gasteiger partial charge >= 0.3 is 11.9 Å². The number of allylic oxidation sites excluding steroid dienone is 4. The van der Waals surface area contributed by atoms with Gasteiger partial charge in [-0.25, -0.2) is 0 Å². The summed E-state index contributed by atoms with van der Waals surface area (Å²) >= 11 is 0. The van der Waals surface area contributed by atoms with Gasteiger partial charge in [0.2, 0.25) is 0 Å². The number of hydrogen-bond acceptors (Lipinski definition) is 3. The molecule has 0 radical (unpaired) electrons. The maximum atomic E-state index is 12.5. The summed E-state index contributed by atoms with van der Waals surface area (Å²) < 4.78 is 5.89. The van der Waals surface area contributed by atoms with Gasteiger partial charge in [-0.05, 0) is 70.6 Å². The van der Waals surface area contributed by atoms with Gasteiger partial charge in [0.1, 0.15) is 6.10 Å². The summed E-state index contributed by atoms with van der Waals surface area (Å²) in [5.74, 6) is -0.803. The van der Waals surface area contributed by atoms with Crippen LogP contribution in [0.15, 0.2) is 24.3 Å². The number of unbranched alkanes of at least 4 members (excludes halogenated alkanes) is 22. The third-order valence-electron chi connectivity index (χ3n) is 8.68. The van der Waals surface area contributed by atoms with E-state index in [1.165, 1.54) is 135 Å². The van der Waals surface area contributed by atoms with Crippen LogP contribution in [-0.4, -0.2) is 23.1 Å². The first-order valence-electron chi connectivity index (χ1n) is 19.3. The van der Waals surface area contributed by atoms with Crippen molar-refractivity contribution < 1.29 is 19.4 Å². The lowest BCUT2D eigenvalue weighted by Gasteiger charge is -2.18. The molecular weight excluding hydrogens is 544 g/mol. The van der Waals surface area contributed by atoms with Crippen LogP contribution in [0.5, 0.6) is 0 Å². The molecule has 0 amide bonds. The van der Waals surface area contributed by atoms with E-state index in [-0.39, 0.29) is 18.5 Å². The highest BCUT2D eigenvalue weighted by Gasteiger charge is 2.14. The zero-order valence-corrected chi connectivity index (χ0v) is 29.5. The van der Waals surface area contributed by atoms with Crippen LogP contribution in [0.2, 0.25) is 0 Å². The number of carbonyl (C=O) groups is 2. The molecule has 4 nitrogen and oxygen atoms in total. The fraction of sp³-hybridized carbons (Fsp3) is 0.850. The zero-order valence-electron chi connectivity index (χ0n) is 29.5. The van der Waals surface area contributed by atoms with Crippen LogP contribution in [0.1, 0.15) is 213 Å². The van der Waals surface area contributed by atoms with E-state index in [2.05, 4.69) is 38.2 Å². The predicted molar refractivity (Wildman–Crippen MR) is 190 cm³/mol. The lowest BCUT2D eigenvalue weighted by atomic mass is 10.0. The lowest BCUT2D eigenvalue weighted by molar-refractivity contribution is -0.150. The minimum Gasteiger partial charge on any atom is -0.481 e. The SMILES string of the molecule is CCCCC/C=C\C/C=C\CCCCCCCCCC(=O)OC(CCCCCCCCCCCCCC)CCCCC(=O)O. The molecule has 0 aliphatic heterocycles. The van der Waals surface area contributed by atoms with Gasteiger partial charge in [-0.3, -0.25) is 9.59 Å². The molecule has 0 heterocycles. The van der Waals surface area contributed by atoms with Crippen LogP contribution in [0, 0.1) is 0 Å². The molecule has 1 atom stereocenters. The molecule has 0 rings (SSSR count). The molecule has 0 bridgehead atoms. The van der Waals surface area contributed by atoms with E-state index in [4.69, 9.17) is 9.84 Å². The average molecular weight is 619 g/mol. The molecule has 0 aromatic carbocycles. The Bertz CT molecular complexity index is 668. The molecule has 0 fully saturated rings. The third kappa shape index (κ3) is 34.9. The Morgan fingerprint density at radius 3 is 1.41 bits per heavy atom. The number of hydrogen-bond donors (Lipinski definition) is 1. The van der Waals surface area contributed by atoms with Gasteiger partial charge < -0.3 is 9.84 Å². The van der Waals surface area contributed by atoms with Gasteiger partial charge in [0.05, 0.1) is 0 Å². The first-order chi connectivity index (χ1) is 21.6. The molecule has 0 aromatic heterocycles. The summed E-state index contributed by atoms with van der Waals surface area (Å²) in [6.07, 6.45) is 44.7. The quantitative estimate of drug-likeness (QED) is 0.0436. The van der Waals surface area contributed by atoms with Gasteiger partial charge in [-0.15, -0.1) is 0 Å². The van der Waals surface area contributed by atoms with Crippen molar-refractivity contribution >= 4 is 11.9 Å². The van der Waals surface area contributed by atoms with Crippen LogP contribution in [0.4, 0.5) is 0 Å². The Kier molecular flexibility index (Phi) is 34.6. The van der Waals surface area contributed by atoms with E-state index in [1.54, 1.807) is 0 Å². The molecule has 0 aromatic rings. The number of ether oxygens (including phenoxy) is 1. The summed E-state index contributed by atoms with van der Waals surface area (Å²) in [6.45, 7) is 4.52. The van der Waals surface area contributed by atoms with Crippen molar-refractivity contribution in [1.82, 2.24) is 0 Å². The molecule has 0 saturated heterocycles. The fourth-order valence-corrected chi connectivity index (χ4v) is 5.80. The molecule has 1 N–H and O–H groups in total. The van der Waals surface area contributed by atoms with E-state index >= 15 is 0 Å². The van der Waals surface area contributed by atoms with Crippen molar-refractivity contribution in [3.63, 3.8) is 0 Å². The number of esters is 1. The lowest BCUT2D eigenvalue weighted by Crippen LogP contribution is -2.18. The molecule has 0 aliphatic carbocycles. The highest BCUT2D eigenvalue weighted by Crippen LogP contribution is 2.18. The third-order valence-corrected chi connectivity index (χ3v) is 8.68. The van der Waals surface area contributed by atoms with Crippen LogP contribution in [0.25, 0.3) is 0 Å². The van der Waals surface area contributed by atoms with Crippen molar-refractivity contribution in [3.05, 3.63) is 24.3 Å². The van der Waals surface area contributed by atoms with Crippen LogP contribution in [0.3, 0.4) is 0 Å². The Labute approximate surface area is 274 Å². The van der Waals surface area contributed by atoms with E-state index in [9.17, 15) is 9.59 Å². The minimum absolute atomic E-state index is 0.0460. The number of rotatable bonds is 35. The van der Waals surface area contributed by atoms with Crippen LogP contribution >= 0.6 is 0 Å². The number of carboxylic acid groups (broad SMARTS) is 1. The summed E-state index contributed by atoms with van der Waals surface area (Å²) in [6, 6.07) is 0. The van der Waals surface area contributed by atoms with E-state index in [0.717, 1.165) is 44.9 Å². The van der Waals surface area contributed by atoms with Crippen molar-refractivity contribution in [2.24, 2.45) is 0 Å². The zero-order chi connectivity index (χ0) is 32.2. The molecule has 1 unspecified atom stereocenters. The molecule has 44 heavy (non-hydrogen) atoms. The molecular formula is C40H74O4. The summed E-state index contributed by atoms with van der Waals surface area (Å²) in [4.78, 5) is 23.4. The number of carboxylic acids is 1. The highest BCUT2D eigenvalue weighted by atomic mass is 16.5. The topological polar surface area (TPSA) is 63.6 Å². The molecule has 0 aliphatic rings. The van der Waals surface area contributed by atoms with Crippen molar-refractivity contribution in [1.29, 1.82) is 0 Å². The second kappa shape index (κ2) is 35.9. The highest BCUT2D eigenvalue weighted by molar-refractivity contribution is 5.69. The Morgan fingerprint density at radius 1 is 0.500 bits per heavy atom. The van der Waals surface area contributed by atoms with Crippen molar-refractivity contribution in [2.75, 3.05) is 0 Å². The summed E-state index contributed by atoms with van der Waals surface area (Å²) in [5, 5.41) is 8.94. The largest absolute Gasteiger partial charge is 0.481 e. The van der Waals surface area contributed by atoms with Crippen LogP contribution in [-0.2, 0) is 14.3 Å². The van der Waals surface area contributed by atoms with E-state index < -0.39 is 5.97 Å². The smallest absolute Gasteiger partial charge is 0.306 e. The molecule has 0 spiro atoms. The predicted octanol–water partition coefficient (Wildman–Crippen LogP) is 13.2. The summed E-state index contributed by atoms with van der Waals surface area (Å²) in [5.41, 5.74) is 0. The fourth-order valence-electron chi connectivity index (χ4n) is 5.80. The maximum absolute atomic E-state index is 12.5. The number of carbonyl (C=O) groups excluding carboxylic acids is 1. The number of aliphatic carboxylic acids is 1. The van der Waals surface area contributed by atoms with Crippen LogP contribution < -0.4 is 0 Å². The molecule has 4 heteroatoms. The normalized spacial score (nSPS) is 12.4. The van der Waals surface area contributed by atoms with Gasteiger partial charge in [-0.2, -0.15) is 0 Å². The van der Waals surface area contributed by atoms with Crippen molar-refractivity contribution in [3.8, 4) is 0 Å². The Morgan fingerprint density at radius 2 is 0.886 bits per heavy atom. The van der Waals surface area contributed by atoms with Gasteiger partial charge in [0, 0.05) is 12.8 Å². The average Bonchev–Trinajstić information content (AvgIpc) is 3.01. The first kappa shape index (κ1) is 42.4. The van der Waals surface area contributed by atoms with E-state index in [0.29, 0.717) is 12.8 Å². The maximum Gasteiger partial charge on any atom is 0.306 e. The van der Waals surface area contributed by atoms with Gasteiger partial charge in [-0.1, -0.05) is 154 Å².